The zero-order valence-electron chi connectivity index (χ0n) is 11.6. The van der Waals surface area contributed by atoms with Crippen LogP contribution in [-0.2, 0) is 11.3 Å². The number of halogens is 2. The van der Waals surface area contributed by atoms with E-state index in [0.29, 0.717) is 13.2 Å². The van der Waals surface area contributed by atoms with E-state index in [4.69, 9.17) is 21.1 Å². The number of rotatable bonds is 6. The van der Waals surface area contributed by atoms with E-state index in [1.165, 1.54) is 36.2 Å². The van der Waals surface area contributed by atoms with E-state index in [1.807, 2.05) is 0 Å². The highest BCUT2D eigenvalue weighted by Crippen LogP contribution is 2.23. The first-order chi connectivity index (χ1) is 10.1. The lowest BCUT2D eigenvalue weighted by molar-refractivity contribution is 0.102. The van der Waals surface area contributed by atoms with Gasteiger partial charge in [0.1, 0.15) is 5.69 Å². The van der Waals surface area contributed by atoms with E-state index in [9.17, 15) is 9.18 Å². The molecule has 1 aromatic heterocycles. The Bertz CT molecular complexity index is 658. The van der Waals surface area contributed by atoms with Gasteiger partial charge in [0, 0.05) is 12.7 Å². The molecular weight excluding hydrogens is 299 g/mol. The topological polar surface area (TPSA) is 53.4 Å². The molecule has 2 aromatic rings. The number of ketones is 1. The van der Waals surface area contributed by atoms with E-state index >= 15 is 0 Å². The number of ether oxygens (including phenoxy) is 2. The van der Waals surface area contributed by atoms with Gasteiger partial charge in [0.05, 0.1) is 31.5 Å². The summed E-state index contributed by atoms with van der Waals surface area (Å²) in [5.74, 6) is -0.889. The van der Waals surface area contributed by atoms with Gasteiger partial charge in [-0.15, -0.1) is 0 Å². The molecule has 0 atom stereocenters. The Balaban J connectivity index is 2.38. The predicted octanol–water partition coefficient (Wildman–Crippen LogP) is 2.56. The summed E-state index contributed by atoms with van der Waals surface area (Å²) in [6.07, 6.45) is 1.39. The maximum absolute atomic E-state index is 13.4. The van der Waals surface area contributed by atoms with Crippen LogP contribution in [0.15, 0.2) is 24.4 Å². The molecule has 0 fully saturated rings. The van der Waals surface area contributed by atoms with Gasteiger partial charge in [-0.1, -0.05) is 11.6 Å². The molecule has 0 saturated heterocycles. The van der Waals surface area contributed by atoms with Gasteiger partial charge >= 0.3 is 0 Å². The van der Waals surface area contributed by atoms with Crippen molar-refractivity contribution < 1.29 is 18.7 Å². The van der Waals surface area contributed by atoms with Crippen LogP contribution in [0.4, 0.5) is 4.39 Å². The van der Waals surface area contributed by atoms with Gasteiger partial charge in [0.2, 0.25) is 5.78 Å². The summed E-state index contributed by atoms with van der Waals surface area (Å²) in [4.78, 5) is 12.5. The van der Waals surface area contributed by atoms with E-state index in [1.54, 1.807) is 7.11 Å². The van der Waals surface area contributed by atoms with Crippen molar-refractivity contribution in [3.63, 3.8) is 0 Å². The lowest BCUT2D eigenvalue weighted by Crippen LogP contribution is -2.15. The second-order valence-electron chi connectivity index (χ2n) is 4.24. The zero-order chi connectivity index (χ0) is 15.4. The predicted molar refractivity (Wildman–Crippen MR) is 75.5 cm³/mol. The van der Waals surface area contributed by atoms with Crippen molar-refractivity contribution in [1.82, 2.24) is 9.78 Å². The van der Waals surface area contributed by atoms with Crippen molar-refractivity contribution in [3.8, 4) is 5.75 Å². The lowest BCUT2D eigenvalue weighted by atomic mass is 10.1. The number of aromatic nitrogens is 2. The van der Waals surface area contributed by atoms with Crippen LogP contribution in [0.5, 0.6) is 5.75 Å². The third-order valence-corrected chi connectivity index (χ3v) is 3.21. The monoisotopic (exact) mass is 312 g/mol. The molecule has 5 nitrogen and oxygen atoms in total. The quantitative estimate of drug-likeness (QED) is 0.769. The second kappa shape index (κ2) is 6.69. The molecule has 0 aliphatic carbocycles. The number of hydrogen-bond acceptors (Lipinski definition) is 4. The molecule has 0 spiro atoms. The Labute approximate surface area is 126 Å². The summed E-state index contributed by atoms with van der Waals surface area (Å²) in [6.45, 7) is 0.785. The molecule has 0 aliphatic rings. The standard InChI is InChI=1S/C14H14ClFN2O3/c1-20-6-5-18-13(10(15)8-17-18)14(19)9-3-4-11(16)12(7-9)21-2/h3-4,7-8H,5-6H2,1-2H3. The first-order valence-electron chi connectivity index (χ1n) is 6.17. The van der Waals surface area contributed by atoms with Crippen molar-refractivity contribution in [2.24, 2.45) is 0 Å². The van der Waals surface area contributed by atoms with Gasteiger partial charge in [-0.05, 0) is 18.2 Å². The first kappa shape index (κ1) is 15.5. The van der Waals surface area contributed by atoms with Crippen LogP contribution in [0.25, 0.3) is 0 Å². The smallest absolute Gasteiger partial charge is 0.212 e. The molecule has 0 N–H and O–H groups in total. The van der Waals surface area contributed by atoms with Crippen LogP contribution in [0.3, 0.4) is 0 Å². The van der Waals surface area contributed by atoms with Crippen LogP contribution >= 0.6 is 11.6 Å². The second-order valence-corrected chi connectivity index (χ2v) is 4.64. The zero-order valence-corrected chi connectivity index (χ0v) is 12.4. The fourth-order valence-electron chi connectivity index (χ4n) is 1.87. The van der Waals surface area contributed by atoms with Crippen LogP contribution in [0.2, 0.25) is 5.02 Å². The van der Waals surface area contributed by atoms with Gasteiger partial charge in [-0.2, -0.15) is 5.10 Å². The van der Waals surface area contributed by atoms with Crippen molar-refractivity contribution in [2.45, 2.75) is 6.54 Å². The summed E-state index contributed by atoms with van der Waals surface area (Å²) in [7, 11) is 2.89. The number of methoxy groups -OCH3 is 2. The van der Waals surface area contributed by atoms with Crippen molar-refractivity contribution in [1.29, 1.82) is 0 Å². The number of nitrogens with zero attached hydrogens (tertiary/aromatic N) is 2. The Morgan fingerprint density at radius 2 is 2.19 bits per heavy atom. The Kier molecular flexibility index (Phi) is 4.93. The summed E-state index contributed by atoms with van der Waals surface area (Å²) in [5, 5.41) is 4.27. The van der Waals surface area contributed by atoms with E-state index in [2.05, 4.69) is 5.10 Å². The molecule has 7 heteroatoms. The van der Waals surface area contributed by atoms with Crippen LogP contribution in [0.1, 0.15) is 16.1 Å². The average Bonchev–Trinajstić information content (AvgIpc) is 2.85. The van der Waals surface area contributed by atoms with Crippen molar-refractivity contribution >= 4 is 17.4 Å². The molecule has 1 heterocycles. The van der Waals surface area contributed by atoms with Gasteiger partial charge in [-0.25, -0.2) is 4.39 Å². The highest BCUT2D eigenvalue weighted by Gasteiger charge is 2.20. The van der Waals surface area contributed by atoms with E-state index in [-0.39, 0.29) is 27.8 Å². The Morgan fingerprint density at radius 1 is 1.43 bits per heavy atom. The molecule has 0 unspecified atom stereocenters. The molecule has 0 radical (unpaired) electrons. The minimum Gasteiger partial charge on any atom is -0.494 e. The largest absolute Gasteiger partial charge is 0.494 e. The van der Waals surface area contributed by atoms with Gasteiger partial charge in [0.25, 0.3) is 0 Å². The number of hydrogen-bond donors (Lipinski definition) is 0. The van der Waals surface area contributed by atoms with Crippen LogP contribution < -0.4 is 4.74 Å². The van der Waals surface area contributed by atoms with Gasteiger partial charge in [0.15, 0.2) is 11.6 Å². The van der Waals surface area contributed by atoms with Gasteiger partial charge in [-0.3, -0.25) is 9.48 Å². The SMILES string of the molecule is COCCn1ncc(Cl)c1C(=O)c1ccc(F)c(OC)c1. The Morgan fingerprint density at radius 3 is 2.86 bits per heavy atom. The molecule has 112 valence electrons. The summed E-state index contributed by atoms with van der Waals surface area (Å²) in [6, 6.07) is 3.89. The first-order valence-corrected chi connectivity index (χ1v) is 6.54. The van der Waals surface area contributed by atoms with Crippen LogP contribution in [0, 0.1) is 5.82 Å². The maximum Gasteiger partial charge on any atom is 0.212 e. The highest BCUT2D eigenvalue weighted by molar-refractivity contribution is 6.34. The van der Waals surface area contributed by atoms with Crippen molar-refractivity contribution in [3.05, 3.63) is 46.5 Å². The number of benzene rings is 1. The summed E-state index contributed by atoms with van der Waals surface area (Å²) >= 11 is 6.02. The maximum atomic E-state index is 13.4. The average molecular weight is 313 g/mol. The fraction of sp³-hybridized carbons (Fsp3) is 0.286. The fourth-order valence-corrected chi connectivity index (χ4v) is 2.10. The minimum atomic E-state index is -0.534. The number of carbonyl (C=O) groups excluding carboxylic acids is 1. The van der Waals surface area contributed by atoms with Gasteiger partial charge < -0.3 is 9.47 Å². The molecule has 1 aromatic carbocycles. The minimum absolute atomic E-state index is 0.0000655. The molecule has 21 heavy (non-hydrogen) atoms. The van der Waals surface area contributed by atoms with E-state index in [0.717, 1.165) is 0 Å². The molecule has 0 saturated carbocycles. The number of carbonyl (C=O) groups is 1. The summed E-state index contributed by atoms with van der Waals surface area (Å²) in [5.41, 5.74) is 0.511. The molecule has 0 bridgehead atoms. The Hall–Kier alpha value is -1.92. The summed E-state index contributed by atoms with van der Waals surface area (Å²) < 4.78 is 24.7. The molecule has 2 rings (SSSR count). The molecular formula is C14H14ClFN2O3. The highest BCUT2D eigenvalue weighted by atomic mass is 35.5. The third-order valence-electron chi connectivity index (χ3n) is 2.93. The van der Waals surface area contributed by atoms with Crippen LogP contribution in [-0.4, -0.2) is 36.4 Å². The molecule has 0 aliphatic heterocycles. The molecule has 0 amide bonds. The van der Waals surface area contributed by atoms with E-state index < -0.39 is 5.82 Å². The lowest BCUT2D eigenvalue weighted by Gasteiger charge is -2.08. The normalized spacial score (nSPS) is 10.7. The third kappa shape index (κ3) is 3.22. The van der Waals surface area contributed by atoms with Crippen molar-refractivity contribution in [2.75, 3.05) is 20.8 Å².